The van der Waals surface area contributed by atoms with Gasteiger partial charge in [0.15, 0.2) is 0 Å². The van der Waals surface area contributed by atoms with Crippen molar-refractivity contribution < 1.29 is 4.79 Å². The topological polar surface area (TPSA) is 84.7 Å². The molecule has 7 nitrogen and oxygen atoms in total. The number of tetrazole rings is 1. The molecule has 2 rings (SSSR count). The first kappa shape index (κ1) is 15.4. The van der Waals surface area contributed by atoms with Crippen LogP contribution >= 0.6 is 11.6 Å². The van der Waals surface area contributed by atoms with E-state index in [9.17, 15) is 4.79 Å². The molecule has 8 heteroatoms. The molecule has 0 bridgehead atoms. The predicted molar refractivity (Wildman–Crippen MR) is 79.7 cm³/mol. The molecular formula is C13H17ClN6O. The molecule has 0 unspecified atom stereocenters. The van der Waals surface area contributed by atoms with E-state index in [1.165, 1.54) is 11.0 Å². The maximum atomic E-state index is 12.0. The molecule has 0 saturated heterocycles. The molecule has 1 amide bonds. The van der Waals surface area contributed by atoms with Crippen LogP contribution in [0, 0.1) is 0 Å². The van der Waals surface area contributed by atoms with E-state index in [0.717, 1.165) is 19.5 Å². The van der Waals surface area contributed by atoms with Crippen molar-refractivity contribution in [1.29, 1.82) is 0 Å². The van der Waals surface area contributed by atoms with Gasteiger partial charge in [0.2, 0.25) is 0 Å². The summed E-state index contributed by atoms with van der Waals surface area (Å²) in [5, 5.41) is 17.3. The summed E-state index contributed by atoms with van der Waals surface area (Å²) in [5.74, 6) is -0.193. The molecule has 0 saturated carbocycles. The van der Waals surface area contributed by atoms with Gasteiger partial charge in [0.05, 0.1) is 16.3 Å². The molecule has 0 atom stereocenters. The van der Waals surface area contributed by atoms with E-state index in [2.05, 4.69) is 33.1 Å². The number of amides is 1. The summed E-state index contributed by atoms with van der Waals surface area (Å²) in [6.45, 7) is 4.33. The Morgan fingerprint density at radius 1 is 1.33 bits per heavy atom. The number of carbonyl (C=O) groups excluding carboxylic acids is 1. The van der Waals surface area contributed by atoms with Crippen LogP contribution in [0.15, 0.2) is 24.5 Å². The Hall–Kier alpha value is -1.99. The average molecular weight is 309 g/mol. The van der Waals surface area contributed by atoms with Crippen LogP contribution in [0.3, 0.4) is 0 Å². The van der Waals surface area contributed by atoms with Crippen molar-refractivity contribution in [1.82, 2.24) is 30.8 Å². The zero-order valence-corrected chi connectivity index (χ0v) is 12.5. The summed E-state index contributed by atoms with van der Waals surface area (Å²) >= 11 is 6.15. The molecule has 0 aliphatic heterocycles. The summed E-state index contributed by atoms with van der Waals surface area (Å²) in [6, 6.07) is 5.06. The molecule has 0 radical (unpaired) electrons. The number of carbonyl (C=O) groups is 1. The molecular weight excluding hydrogens is 292 g/mol. The predicted octanol–water partition coefficient (Wildman–Crippen LogP) is 1.05. The minimum absolute atomic E-state index is 0.193. The van der Waals surface area contributed by atoms with Gasteiger partial charge in [-0.3, -0.25) is 4.79 Å². The van der Waals surface area contributed by atoms with Crippen LogP contribution in [0.5, 0.6) is 0 Å². The quantitative estimate of drug-likeness (QED) is 0.747. The van der Waals surface area contributed by atoms with Gasteiger partial charge in [0, 0.05) is 13.1 Å². The van der Waals surface area contributed by atoms with Crippen molar-refractivity contribution in [3.8, 4) is 5.69 Å². The molecule has 21 heavy (non-hydrogen) atoms. The van der Waals surface area contributed by atoms with E-state index in [-0.39, 0.29) is 5.91 Å². The number of hydrogen-bond acceptors (Lipinski definition) is 5. The Morgan fingerprint density at radius 2 is 2.19 bits per heavy atom. The van der Waals surface area contributed by atoms with Crippen LogP contribution in [-0.4, -0.2) is 45.7 Å². The standard InChI is InChI=1S/C13H17ClN6O/c1-2-5-15-6-7-16-13(21)11-4-3-10(8-12(11)14)20-9-17-18-19-20/h3-4,8-9,15H,2,5-7H2,1H3,(H,16,21). The van der Waals surface area contributed by atoms with Crippen LogP contribution in [0.2, 0.25) is 5.02 Å². The van der Waals surface area contributed by atoms with Crippen LogP contribution in [0.1, 0.15) is 23.7 Å². The minimum atomic E-state index is -0.193. The normalized spacial score (nSPS) is 10.6. The number of nitrogens with one attached hydrogen (secondary N) is 2. The Bertz CT molecular complexity index is 586. The largest absolute Gasteiger partial charge is 0.351 e. The summed E-state index contributed by atoms with van der Waals surface area (Å²) in [6.07, 6.45) is 2.53. The maximum Gasteiger partial charge on any atom is 0.252 e. The van der Waals surface area contributed by atoms with Gasteiger partial charge in [-0.1, -0.05) is 18.5 Å². The van der Waals surface area contributed by atoms with E-state index >= 15 is 0 Å². The highest BCUT2D eigenvalue weighted by atomic mass is 35.5. The lowest BCUT2D eigenvalue weighted by Gasteiger charge is -2.08. The van der Waals surface area contributed by atoms with E-state index < -0.39 is 0 Å². The zero-order chi connectivity index (χ0) is 15.1. The second-order valence-electron chi connectivity index (χ2n) is 4.42. The first-order valence-electron chi connectivity index (χ1n) is 6.74. The highest BCUT2D eigenvalue weighted by Crippen LogP contribution is 2.19. The summed E-state index contributed by atoms with van der Waals surface area (Å²) in [7, 11) is 0. The van der Waals surface area contributed by atoms with E-state index in [1.54, 1.807) is 18.2 Å². The van der Waals surface area contributed by atoms with Crippen molar-refractivity contribution in [2.45, 2.75) is 13.3 Å². The average Bonchev–Trinajstić information content (AvgIpc) is 3.01. The molecule has 1 aromatic heterocycles. The second-order valence-corrected chi connectivity index (χ2v) is 4.83. The second kappa shape index (κ2) is 7.70. The fraction of sp³-hybridized carbons (Fsp3) is 0.385. The molecule has 0 aliphatic carbocycles. The lowest BCUT2D eigenvalue weighted by atomic mass is 10.2. The zero-order valence-electron chi connectivity index (χ0n) is 11.7. The minimum Gasteiger partial charge on any atom is -0.351 e. The number of nitrogens with zero attached hydrogens (tertiary/aromatic N) is 4. The Morgan fingerprint density at radius 3 is 2.86 bits per heavy atom. The monoisotopic (exact) mass is 308 g/mol. The summed E-state index contributed by atoms with van der Waals surface area (Å²) in [5.41, 5.74) is 1.13. The summed E-state index contributed by atoms with van der Waals surface area (Å²) in [4.78, 5) is 12.0. The Labute approximate surface area is 127 Å². The smallest absolute Gasteiger partial charge is 0.252 e. The third-order valence-corrected chi connectivity index (χ3v) is 3.14. The molecule has 2 aromatic rings. The maximum absolute atomic E-state index is 12.0. The van der Waals surface area contributed by atoms with E-state index in [1.807, 2.05) is 0 Å². The van der Waals surface area contributed by atoms with Crippen molar-refractivity contribution in [2.24, 2.45) is 0 Å². The number of benzene rings is 1. The summed E-state index contributed by atoms with van der Waals surface area (Å²) < 4.78 is 1.47. The van der Waals surface area contributed by atoms with E-state index in [0.29, 0.717) is 22.8 Å². The number of rotatable bonds is 7. The van der Waals surface area contributed by atoms with Crippen molar-refractivity contribution in [3.05, 3.63) is 35.1 Å². The van der Waals surface area contributed by atoms with Gasteiger partial charge in [-0.2, -0.15) is 0 Å². The van der Waals surface area contributed by atoms with Gasteiger partial charge < -0.3 is 10.6 Å². The van der Waals surface area contributed by atoms with Crippen molar-refractivity contribution in [2.75, 3.05) is 19.6 Å². The first-order chi connectivity index (χ1) is 10.2. The van der Waals surface area contributed by atoms with Crippen molar-refractivity contribution >= 4 is 17.5 Å². The van der Waals surface area contributed by atoms with Gasteiger partial charge >= 0.3 is 0 Å². The molecule has 1 aromatic carbocycles. The van der Waals surface area contributed by atoms with Gasteiger partial charge in [0.1, 0.15) is 6.33 Å². The number of hydrogen-bond donors (Lipinski definition) is 2. The fourth-order valence-electron chi connectivity index (χ4n) is 1.77. The van der Waals surface area contributed by atoms with Gasteiger partial charge in [-0.25, -0.2) is 4.68 Å². The lowest BCUT2D eigenvalue weighted by molar-refractivity contribution is 0.0954. The number of halogens is 1. The molecule has 2 N–H and O–H groups in total. The molecule has 0 aliphatic rings. The Kier molecular flexibility index (Phi) is 5.65. The molecule has 0 fully saturated rings. The molecule has 0 spiro atoms. The van der Waals surface area contributed by atoms with Gasteiger partial charge in [-0.05, 0) is 41.6 Å². The van der Waals surface area contributed by atoms with Gasteiger partial charge in [0.25, 0.3) is 5.91 Å². The first-order valence-corrected chi connectivity index (χ1v) is 7.12. The van der Waals surface area contributed by atoms with E-state index in [4.69, 9.17) is 11.6 Å². The third kappa shape index (κ3) is 4.24. The number of aromatic nitrogens is 4. The van der Waals surface area contributed by atoms with Crippen molar-refractivity contribution in [3.63, 3.8) is 0 Å². The Balaban J connectivity index is 1.95. The van der Waals surface area contributed by atoms with Crippen LogP contribution in [0.25, 0.3) is 5.69 Å². The molecule has 112 valence electrons. The van der Waals surface area contributed by atoms with Gasteiger partial charge in [-0.15, -0.1) is 5.10 Å². The van der Waals surface area contributed by atoms with Crippen LogP contribution < -0.4 is 10.6 Å². The third-order valence-electron chi connectivity index (χ3n) is 2.82. The highest BCUT2D eigenvalue weighted by Gasteiger charge is 2.11. The molecule has 1 heterocycles. The lowest BCUT2D eigenvalue weighted by Crippen LogP contribution is -2.32. The van der Waals surface area contributed by atoms with Crippen LogP contribution in [0.4, 0.5) is 0 Å². The van der Waals surface area contributed by atoms with Crippen LogP contribution in [-0.2, 0) is 0 Å². The SMILES string of the molecule is CCCNCCNC(=O)c1ccc(-n2cnnn2)cc1Cl. The fourth-order valence-corrected chi connectivity index (χ4v) is 2.03. The highest BCUT2D eigenvalue weighted by molar-refractivity contribution is 6.34.